The maximum atomic E-state index is 12.9. The van der Waals surface area contributed by atoms with E-state index in [1.54, 1.807) is 54.6 Å². The van der Waals surface area contributed by atoms with E-state index in [4.69, 9.17) is 18.9 Å². The van der Waals surface area contributed by atoms with Gasteiger partial charge in [-0.25, -0.2) is 14.4 Å². The number of benzene rings is 3. The summed E-state index contributed by atoms with van der Waals surface area (Å²) in [6.07, 6.45) is -7.79. The minimum atomic E-state index is -1.81. The predicted octanol–water partition coefficient (Wildman–Crippen LogP) is 2.91. The molecular weight excluding hydrogens is 468 g/mol. The van der Waals surface area contributed by atoms with Crippen molar-refractivity contribution in [2.75, 3.05) is 0 Å². The molecule has 5 atom stereocenters. The van der Waals surface area contributed by atoms with Crippen LogP contribution in [0.25, 0.3) is 0 Å². The molecule has 1 heterocycles. The number of carbonyl (C=O) groups excluding carboxylic acids is 3. The van der Waals surface area contributed by atoms with Crippen molar-refractivity contribution in [2.45, 2.75) is 30.7 Å². The average molecular weight is 491 g/mol. The quantitative estimate of drug-likeness (QED) is 0.379. The van der Waals surface area contributed by atoms with E-state index in [1.165, 1.54) is 36.4 Å². The Bertz CT molecular complexity index is 1170. The molecule has 3 aromatic rings. The van der Waals surface area contributed by atoms with Crippen molar-refractivity contribution in [1.29, 1.82) is 0 Å². The zero-order chi connectivity index (χ0) is 25.5. The van der Waals surface area contributed by atoms with E-state index in [1.807, 2.05) is 0 Å². The summed E-state index contributed by atoms with van der Waals surface area (Å²) in [5, 5.41) is 20.4. The number of hydrogen-bond donors (Lipinski definition) is 2. The number of aliphatic hydroxyl groups is 2. The van der Waals surface area contributed by atoms with Gasteiger partial charge in [-0.15, -0.1) is 0 Å². The average Bonchev–Trinajstić information content (AvgIpc) is 2.93. The monoisotopic (exact) mass is 491 g/mol. The summed E-state index contributed by atoms with van der Waals surface area (Å²) in [6, 6.07) is 23.9. The van der Waals surface area contributed by atoms with Gasteiger partial charge in [0, 0.05) is 0 Å². The van der Waals surface area contributed by atoms with Crippen LogP contribution < -0.4 is 0 Å². The molecular formula is C27H23O9. The highest BCUT2D eigenvalue weighted by Crippen LogP contribution is 2.30. The number of hydrogen-bond acceptors (Lipinski definition) is 9. The maximum Gasteiger partial charge on any atom is 0.338 e. The first-order chi connectivity index (χ1) is 17.5. The lowest BCUT2D eigenvalue weighted by molar-refractivity contribution is -0.277. The molecule has 0 aromatic heterocycles. The van der Waals surface area contributed by atoms with Gasteiger partial charge in [-0.05, 0) is 36.4 Å². The second-order valence-corrected chi connectivity index (χ2v) is 7.85. The molecule has 1 fully saturated rings. The van der Waals surface area contributed by atoms with Crippen LogP contribution in [0.1, 0.15) is 31.1 Å². The smallest absolute Gasteiger partial charge is 0.338 e. The molecule has 0 amide bonds. The molecule has 9 heteroatoms. The second-order valence-electron chi connectivity index (χ2n) is 7.85. The van der Waals surface area contributed by atoms with Gasteiger partial charge in [0.05, 0.1) is 16.7 Å². The van der Waals surface area contributed by atoms with E-state index < -0.39 is 48.6 Å². The van der Waals surface area contributed by atoms with E-state index in [0.717, 1.165) is 0 Å². The third-order valence-electron chi connectivity index (χ3n) is 5.45. The van der Waals surface area contributed by atoms with Crippen LogP contribution in [-0.4, -0.2) is 58.8 Å². The molecule has 0 unspecified atom stereocenters. The van der Waals surface area contributed by atoms with Crippen molar-refractivity contribution in [3.05, 3.63) is 114 Å². The molecule has 185 valence electrons. The summed E-state index contributed by atoms with van der Waals surface area (Å²) in [5.74, 6) is -2.46. The highest BCUT2D eigenvalue weighted by molar-refractivity contribution is 5.91. The van der Waals surface area contributed by atoms with Crippen molar-refractivity contribution in [1.82, 2.24) is 0 Å². The summed E-state index contributed by atoms with van der Waals surface area (Å²) < 4.78 is 22.0. The Hall–Kier alpha value is -4.05. The standard InChI is InChI=1S/C27H23O9/c28-16-20-21(34-24(29)17-10-4-1-5-11-17)22(35-25(30)18-12-6-2-7-13-18)23(27(32)33-20)36-26(31)19-14-8-3-9-15-19/h1-16,20-23,27-28,32H/t20-,21+,22+,23-,27-/m1/s1. The third-order valence-corrected chi connectivity index (χ3v) is 5.45. The molecule has 3 aromatic carbocycles. The van der Waals surface area contributed by atoms with Gasteiger partial charge in [0.25, 0.3) is 0 Å². The van der Waals surface area contributed by atoms with Crippen LogP contribution in [-0.2, 0) is 18.9 Å². The van der Waals surface area contributed by atoms with E-state index in [0.29, 0.717) is 6.61 Å². The Balaban J connectivity index is 1.66. The fraction of sp³-hybridized carbons (Fsp3) is 0.185. The molecule has 0 saturated carbocycles. The largest absolute Gasteiger partial charge is 0.452 e. The van der Waals surface area contributed by atoms with Crippen LogP contribution >= 0.6 is 0 Å². The zero-order valence-electron chi connectivity index (χ0n) is 18.9. The summed E-state index contributed by atoms with van der Waals surface area (Å²) in [5.41, 5.74) is 0.530. The number of carbonyl (C=O) groups is 3. The lowest BCUT2D eigenvalue weighted by atomic mass is 9.98. The van der Waals surface area contributed by atoms with Crippen molar-refractivity contribution in [2.24, 2.45) is 0 Å². The van der Waals surface area contributed by atoms with Crippen LogP contribution in [0, 0.1) is 6.61 Å². The molecule has 1 radical (unpaired) electrons. The summed E-state index contributed by atoms with van der Waals surface area (Å²) in [6.45, 7) is 0.560. The lowest BCUT2D eigenvalue weighted by Crippen LogP contribution is -2.61. The molecule has 9 nitrogen and oxygen atoms in total. The van der Waals surface area contributed by atoms with Crippen molar-refractivity contribution >= 4 is 17.9 Å². The van der Waals surface area contributed by atoms with Crippen molar-refractivity contribution in [3.8, 4) is 0 Å². The van der Waals surface area contributed by atoms with Crippen LogP contribution in [0.4, 0.5) is 0 Å². The Morgan fingerprint density at radius 2 is 0.972 bits per heavy atom. The lowest BCUT2D eigenvalue weighted by Gasteiger charge is -2.42. The highest BCUT2D eigenvalue weighted by atomic mass is 16.7. The summed E-state index contributed by atoms with van der Waals surface area (Å²) in [7, 11) is 0. The number of aliphatic hydroxyl groups excluding tert-OH is 2. The second kappa shape index (κ2) is 11.6. The maximum absolute atomic E-state index is 12.9. The topological polar surface area (TPSA) is 129 Å². The fourth-order valence-electron chi connectivity index (χ4n) is 3.66. The van der Waals surface area contributed by atoms with Gasteiger partial charge < -0.3 is 29.2 Å². The fourth-order valence-corrected chi connectivity index (χ4v) is 3.66. The van der Waals surface area contributed by atoms with Gasteiger partial charge in [-0.3, -0.25) is 0 Å². The minimum absolute atomic E-state index is 0.171. The molecule has 1 aliphatic rings. The predicted molar refractivity (Wildman–Crippen MR) is 124 cm³/mol. The molecule has 4 rings (SSSR count). The Morgan fingerprint density at radius 3 is 1.36 bits per heavy atom. The Labute approximate surface area is 206 Å². The van der Waals surface area contributed by atoms with Gasteiger partial charge in [0.15, 0.2) is 24.6 Å². The third kappa shape index (κ3) is 5.77. The number of rotatable bonds is 7. The molecule has 0 bridgehead atoms. The van der Waals surface area contributed by atoms with Gasteiger partial charge in [0.2, 0.25) is 0 Å². The van der Waals surface area contributed by atoms with Crippen molar-refractivity contribution in [3.63, 3.8) is 0 Å². The van der Waals surface area contributed by atoms with Crippen LogP contribution in [0.15, 0.2) is 91.0 Å². The SMILES string of the molecule is O=C(O[C@@H]1[C@@H](OC(=O)c2ccccc2)[C@H](O)O[C@H]([CH]O)[C@@H]1OC(=O)c1ccccc1)c1ccccc1. The molecule has 0 aliphatic carbocycles. The van der Waals surface area contributed by atoms with Gasteiger partial charge in [0.1, 0.15) is 12.7 Å². The highest BCUT2D eigenvalue weighted by Gasteiger charge is 2.52. The first-order valence-electron chi connectivity index (χ1n) is 11.1. The normalized spacial score (nSPS) is 23.3. The molecule has 1 aliphatic heterocycles. The van der Waals surface area contributed by atoms with E-state index in [-0.39, 0.29) is 16.7 Å². The van der Waals surface area contributed by atoms with Gasteiger partial charge in [-0.1, -0.05) is 54.6 Å². The summed E-state index contributed by atoms with van der Waals surface area (Å²) in [4.78, 5) is 38.5. The first kappa shape index (κ1) is 25.1. The Kier molecular flexibility index (Phi) is 8.06. The molecule has 36 heavy (non-hydrogen) atoms. The number of esters is 3. The van der Waals surface area contributed by atoms with Crippen LogP contribution in [0.2, 0.25) is 0 Å². The molecule has 2 N–H and O–H groups in total. The Morgan fingerprint density at radius 1 is 0.611 bits per heavy atom. The van der Waals surface area contributed by atoms with Crippen LogP contribution in [0.3, 0.4) is 0 Å². The molecule has 0 spiro atoms. The zero-order valence-corrected chi connectivity index (χ0v) is 18.9. The van der Waals surface area contributed by atoms with E-state index >= 15 is 0 Å². The minimum Gasteiger partial charge on any atom is -0.452 e. The van der Waals surface area contributed by atoms with Gasteiger partial charge >= 0.3 is 17.9 Å². The first-order valence-corrected chi connectivity index (χ1v) is 11.1. The summed E-state index contributed by atoms with van der Waals surface area (Å²) >= 11 is 0. The van der Waals surface area contributed by atoms with Crippen molar-refractivity contribution < 1.29 is 43.5 Å². The molecule has 1 saturated heterocycles. The van der Waals surface area contributed by atoms with Gasteiger partial charge in [-0.2, -0.15) is 0 Å². The number of ether oxygens (including phenoxy) is 4. The van der Waals surface area contributed by atoms with Crippen LogP contribution in [0.5, 0.6) is 0 Å². The van der Waals surface area contributed by atoms with E-state index in [9.17, 15) is 24.6 Å². The van der Waals surface area contributed by atoms with E-state index in [2.05, 4.69) is 0 Å².